The number of nitrogens with zero attached hydrogens (tertiary/aromatic N) is 2. The van der Waals surface area contributed by atoms with Gasteiger partial charge in [-0.3, -0.25) is 4.79 Å². The van der Waals surface area contributed by atoms with Crippen molar-refractivity contribution in [2.75, 3.05) is 6.61 Å². The zero-order valence-corrected chi connectivity index (χ0v) is 14.2. The number of amidine groups is 1. The van der Waals surface area contributed by atoms with Gasteiger partial charge in [0.15, 0.2) is 17.9 Å². The summed E-state index contributed by atoms with van der Waals surface area (Å²) in [7, 11) is 0. The highest BCUT2D eigenvalue weighted by Crippen LogP contribution is 2.24. The lowest BCUT2D eigenvalue weighted by atomic mass is 10.1. The quantitative estimate of drug-likeness (QED) is 0.583. The molecule has 2 atom stereocenters. The third kappa shape index (κ3) is 4.44. The van der Waals surface area contributed by atoms with Gasteiger partial charge in [0.25, 0.3) is 0 Å². The van der Waals surface area contributed by atoms with Crippen LogP contribution in [0.3, 0.4) is 0 Å². The van der Waals surface area contributed by atoms with E-state index in [0.717, 1.165) is 6.20 Å². The Hall–Kier alpha value is -2.68. The smallest absolute Gasteiger partial charge is 0.350 e. The highest BCUT2D eigenvalue weighted by atomic mass is 19.1. The van der Waals surface area contributed by atoms with Crippen molar-refractivity contribution in [3.8, 4) is 0 Å². The Morgan fingerprint density at radius 2 is 2.16 bits per heavy atom. The second-order valence-corrected chi connectivity index (χ2v) is 5.95. The monoisotopic (exact) mass is 353 g/mol. The van der Waals surface area contributed by atoms with Crippen LogP contribution in [0.5, 0.6) is 0 Å². The molecule has 2 N–H and O–H groups in total. The Kier molecular flexibility index (Phi) is 5.27. The van der Waals surface area contributed by atoms with Crippen LogP contribution in [-0.4, -0.2) is 47.2 Å². The van der Waals surface area contributed by atoms with E-state index in [1.165, 1.54) is 25.7 Å². The molecule has 25 heavy (non-hydrogen) atoms. The second-order valence-electron chi connectivity index (χ2n) is 5.95. The second kappa shape index (κ2) is 7.06. The van der Waals surface area contributed by atoms with Crippen molar-refractivity contribution < 1.29 is 28.2 Å². The van der Waals surface area contributed by atoms with Crippen LogP contribution in [-0.2, 0) is 23.8 Å². The van der Waals surface area contributed by atoms with Crippen LogP contribution in [0.15, 0.2) is 41.6 Å². The first-order valence-electron chi connectivity index (χ1n) is 7.50. The molecule has 8 nitrogen and oxygen atoms in total. The van der Waals surface area contributed by atoms with E-state index < -0.39 is 35.7 Å². The van der Waals surface area contributed by atoms with Gasteiger partial charge in [-0.15, -0.1) is 0 Å². The van der Waals surface area contributed by atoms with Crippen molar-refractivity contribution >= 4 is 17.8 Å². The number of aliphatic imine (C=N–C) groups is 1. The average molecular weight is 353 g/mol. The first-order valence-corrected chi connectivity index (χ1v) is 7.50. The van der Waals surface area contributed by atoms with Gasteiger partial charge in [-0.2, -0.15) is 0 Å². The van der Waals surface area contributed by atoms with Gasteiger partial charge in [-0.25, -0.2) is 14.2 Å². The van der Waals surface area contributed by atoms with Crippen LogP contribution in [0.25, 0.3) is 0 Å². The molecule has 0 radical (unpaired) electrons. The van der Waals surface area contributed by atoms with Gasteiger partial charge in [0.1, 0.15) is 18.5 Å². The Bertz CT molecular complexity index is 683. The molecule has 0 aromatic rings. The van der Waals surface area contributed by atoms with Crippen molar-refractivity contribution in [2.45, 2.75) is 38.7 Å². The van der Waals surface area contributed by atoms with E-state index in [9.17, 15) is 14.0 Å². The fourth-order valence-corrected chi connectivity index (χ4v) is 2.21. The number of halogens is 1. The number of carbonyl (C=O) groups excluding carboxylic acids is 2. The molecule has 0 saturated carbocycles. The summed E-state index contributed by atoms with van der Waals surface area (Å²) in [6, 6.07) is 0. The number of carbonyl (C=O) groups is 2. The molecule has 2 rings (SSSR count). The summed E-state index contributed by atoms with van der Waals surface area (Å²) in [6.07, 6.45) is 3.26. The fraction of sp³-hybridized carbons (Fsp3) is 0.438. The lowest BCUT2D eigenvalue weighted by molar-refractivity contribution is -0.179. The maximum absolute atomic E-state index is 13.6. The van der Waals surface area contributed by atoms with Crippen LogP contribution in [0, 0.1) is 0 Å². The van der Waals surface area contributed by atoms with E-state index in [0.29, 0.717) is 0 Å². The summed E-state index contributed by atoms with van der Waals surface area (Å²) in [5.41, 5.74) is 3.98. The van der Waals surface area contributed by atoms with E-state index in [1.807, 2.05) is 0 Å². The molecule has 9 heteroatoms. The fourth-order valence-electron chi connectivity index (χ4n) is 2.21. The third-order valence-electron chi connectivity index (χ3n) is 3.39. The number of rotatable bonds is 5. The molecule has 0 aromatic carbocycles. The van der Waals surface area contributed by atoms with E-state index in [4.69, 9.17) is 19.9 Å². The summed E-state index contributed by atoms with van der Waals surface area (Å²) in [5, 5.41) is 0. The number of ether oxygens (including phenoxy) is 3. The number of nitrogens with two attached hydrogens (primary N) is 1. The Morgan fingerprint density at radius 1 is 1.48 bits per heavy atom. The maximum Gasteiger partial charge on any atom is 0.350 e. The molecule has 0 amide bonds. The Morgan fingerprint density at radius 3 is 2.80 bits per heavy atom. The normalized spacial score (nSPS) is 23.2. The van der Waals surface area contributed by atoms with Gasteiger partial charge in [-0.1, -0.05) is 12.7 Å². The zero-order chi connectivity index (χ0) is 18.8. The third-order valence-corrected chi connectivity index (χ3v) is 3.39. The van der Waals surface area contributed by atoms with Gasteiger partial charge in [0.2, 0.25) is 5.60 Å². The first kappa shape index (κ1) is 18.7. The zero-order valence-electron chi connectivity index (χ0n) is 14.2. The molecule has 2 aliphatic rings. The summed E-state index contributed by atoms with van der Waals surface area (Å²) in [4.78, 5) is 28.1. The van der Waals surface area contributed by atoms with Crippen LogP contribution in [0.2, 0.25) is 0 Å². The largest absolute Gasteiger partial charge is 0.460 e. The minimum Gasteiger partial charge on any atom is -0.460 e. The van der Waals surface area contributed by atoms with Crippen LogP contribution >= 0.6 is 0 Å². The van der Waals surface area contributed by atoms with Crippen LogP contribution < -0.4 is 5.73 Å². The minimum absolute atomic E-state index is 0.0888. The standard InChI is InChI=1S/C16H20FN3O5/c1-9-19-14(18)12(17)7-20(9)13-6-5-11(24-13)8-23-15(22)16(3,4)25-10(2)21/h5-7,11,13H,1,8H2,2-4H3,(H2,18,19). The van der Waals surface area contributed by atoms with Gasteiger partial charge >= 0.3 is 11.9 Å². The molecule has 0 saturated heterocycles. The predicted octanol–water partition coefficient (Wildman–Crippen LogP) is 1.11. The molecule has 2 aliphatic heterocycles. The van der Waals surface area contributed by atoms with Gasteiger partial charge < -0.3 is 24.8 Å². The molecule has 0 bridgehead atoms. The van der Waals surface area contributed by atoms with Crippen molar-refractivity contribution in [1.29, 1.82) is 0 Å². The predicted molar refractivity (Wildman–Crippen MR) is 86.4 cm³/mol. The SMILES string of the molecule is C=C1N=C(N)C(F)=CN1C1C=CC(COC(=O)C(C)(C)OC(C)=O)O1. The molecular formula is C16H20FN3O5. The van der Waals surface area contributed by atoms with Gasteiger partial charge in [0, 0.05) is 13.1 Å². The lowest BCUT2D eigenvalue weighted by Crippen LogP contribution is -2.40. The van der Waals surface area contributed by atoms with Crippen molar-refractivity contribution in [1.82, 2.24) is 4.90 Å². The highest BCUT2D eigenvalue weighted by Gasteiger charge is 2.34. The van der Waals surface area contributed by atoms with Crippen molar-refractivity contribution in [2.24, 2.45) is 10.7 Å². The summed E-state index contributed by atoms with van der Waals surface area (Å²) in [6.45, 7) is 7.66. The Balaban J connectivity index is 1.88. The van der Waals surface area contributed by atoms with E-state index in [-0.39, 0.29) is 18.3 Å². The van der Waals surface area contributed by atoms with E-state index in [1.54, 1.807) is 12.2 Å². The summed E-state index contributed by atoms with van der Waals surface area (Å²) < 4.78 is 29.2. The van der Waals surface area contributed by atoms with E-state index in [2.05, 4.69) is 11.6 Å². The van der Waals surface area contributed by atoms with Crippen molar-refractivity contribution in [3.05, 3.63) is 36.6 Å². The molecule has 136 valence electrons. The molecular weight excluding hydrogens is 333 g/mol. The molecule has 2 heterocycles. The number of hydrogen-bond acceptors (Lipinski definition) is 8. The molecule has 0 aromatic heterocycles. The Labute approximate surface area is 144 Å². The van der Waals surface area contributed by atoms with Crippen molar-refractivity contribution in [3.63, 3.8) is 0 Å². The van der Waals surface area contributed by atoms with Crippen LogP contribution in [0.1, 0.15) is 20.8 Å². The lowest BCUT2D eigenvalue weighted by Gasteiger charge is -2.29. The number of hydrogen-bond donors (Lipinski definition) is 1. The first-order chi connectivity index (χ1) is 11.6. The van der Waals surface area contributed by atoms with Gasteiger partial charge in [-0.05, 0) is 19.9 Å². The van der Waals surface area contributed by atoms with E-state index >= 15 is 0 Å². The molecule has 0 fully saturated rings. The average Bonchev–Trinajstić information content (AvgIpc) is 2.95. The molecule has 2 unspecified atom stereocenters. The minimum atomic E-state index is -1.40. The summed E-state index contributed by atoms with van der Waals surface area (Å²) in [5.74, 6) is -2.00. The molecule has 0 aliphatic carbocycles. The summed E-state index contributed by atoms with van der Waals surface area (Å²) >= 11 is 0. The molecule has 0 spiro atoms. The highest BCUT2D eigenvalue weighted by molar-refractivity contribution is 5.96. The number of esters is 2. The van der Waals surface area contributed by atoms with Crippen LogP contribution in [0.4, 0.5) is 4.39 Å². The van der Waals surface area contributed by atoms with Gasteiger partial charge in [0.05, 0.1) is 0 Å². The maximum atomic E-state index is 13.6. The topological polar surface area (TPSA) is 103 Å².